The highest BCUT2D eigenvalue weighted by Crippen LogP contribution is 2.29. The van der Waals surface area contributed by atoms with Crippen LogP contribution in [0.5, 0.6) is 0 Å². The van der Waals surface area contributed by atoms with E-state index in [1.165, 1.54) is 38.9 Å². The van der Waals surface area contributed by atoms with Crippen molar-refractivity contribution in [3.05, 3.63) is 101 Å². The molecule has 0 atom stereocenters. The summed E-state index contributed by atoms with van der Waals surface area (Å²) >= 11 is 0. The van der Waals surface area contributed by atoms with Crippen molar-refractivity contribution in [3.8, 4) is 0 Å². The summed E-state index contributed by atoms with van der Waals surface area (Å²) in [7, 11) is 0. The standard InChI is InChI=1S/C24H24N2.ClH/c1-17-9-11-21(12-10-17)16-26-19(3)18(2)22-13-14-25-23(24(22)26)15-20-7-5-4-6-8-20;/h4-14H,15-16H2,1-3H3;1H. The van der Waals surface area contributed by atoms with Crippen molar-refractivity contribution in [1.29, 1.82) is 0 Å². The van der Waals surface area contributed by atoms with Crippen molar-refractivity contribution in [1.82, 2.24) is 9.55 Å². The Morgan fingerprint density at radius 3 is 2.22 bits per heavy atom. The van der Waals surface area contributed by atoms with Crippen LogP contribution in [0.25, 0.3) is 10.9 Å². The molecule has 0 N–H and O–H groups in total. The summed E-state index contributed by atoms with van der Waals surface area (Å²) in [6.45, 7) is 7.45. The van der Waals surface area contributed by atoms with Gasteiger partial charge in [0, 0.05) is 30.2 Å². The van der Waals surface area contributed by atoms with Crippen molar-refractivity contribution >= 4 is 23.3 Å². The van der Waals surface area contributed by atoms with Gasteiger partial charge in [0.25, 0.3) is 0 Å². The second kappa shape index (κ2) is 7.98. The van der Waals surface area contributed by atoms with Gasteiger partial charge in [0.05, 0.1) is 11.2 Å². The number of aromatic nitrogens is 2. The van der Waals surface area contributed by atoms with Gasteiger partial charge < -0.3 is 4.57 Å². The molecule has 138 valence electrons. The molecule has 2 heterocycles. The van der Waals surface area contributed by atoms with E-state index in [1.54, 1.807) is 0 Å². The molecule has 0 aliphatic carbocycles. The average molecular weight is 377 g/mol. The zero-order valence-corrected chi connectivity index (χ0v) is 16.9. The van der Waals surface area contributed by atoms with Gasteiger partial charge in [-0.05, 0) is 43.5 Å². The Hall–Kier alpha value is -2.58. The van der Waals surface area contributed by atoms with Crippen LogP contribution >= 0.6 is 12.4 Å². The molecular weight excluding hydrogens is 352 g/mol. The Morgan fingerprint density at radius 2 is 1.52 bits per heavy atom. The molecule has 0 radical (unpaired) electrons. The van der Waals surface area contributed by atoms with E-state index >= 15 is 0 Å². The highest BCUT2D eigenvalue weighted by Gasteiger charge is 2.15. The molecule has 0 saturated heterocycles. The van der Waals surface area contributed by atoms with Crippen LogP contribution in [-0.2, 0) is 13.0 Å². The molecule has 0 fully saturated rings. The fourth-order valence-electron chi connectivity index (χ4n) is 3.66. The third-order valence-electron chi connectivity index (χ3n) is 5.30. The monoisotopic (exact) mass is 376 g/mol. The molecule has 2 aromatic heterocycles. The lowest BCUT2D eigenvalue weighted by Crippen LogP contribution is -2.05. The van der Waals surface area contributed by atoms with Gasteiger partial charge in [-0.15, -0.1) is 12.4 Å². The van der Waals surface area contributed by atoms with Crippen molar-refractivity contribution in [2.24, 2.45) is 0 Å². The van der Waals surface area contributed by atoms with Crippen LogP contribution in [0.1, 0.15) is 33.6 Å². The van der Waals surface area contributed by atoms with Crippen LogP contribution in [0.15, 0.2) is 66.9 Å². The van der Waals surface area contributed by atoms with E-state index in [9.17, 15) is 0 Å². The van der Waals surface area contributed by atoms with E-state index < -0.39 is 0 Å². The number of hydrogen-bond donors (Lipinski definition) is 0. The van der Waals surface area contributed by atoms with Crippen LogP contribution in [0, 0.1) is 20.8 Å². The fourth-order valence-corrected chi connectivity index (χ4v) is 3.66. The van der Waals surface area contributed by atoms with Gasteiger partial charge in [-0.1, -0.05) is 60.2 Å². The fraction of sp³-hybridized carbons (Fsp3) is 0.208. The molecule has 0 saturated carbocycles. The quantitative estimate of drug-likeness (QED) is 0.425. The Morgan fingerprint density at radius 1 is 0.815 bits per heavy atom. The van der Waals surface area contributed by atoms with Gasteiger partial charge in [-0.3, -0.25) is 4.98 Å². The normalized spacial score (nSPS) is 10.8. The number of halogens is 1. The molecule has 0 spiro atoms. The maximum atomic E-state index is 4.75. The lowest BCUT2D eigenvalue weighted by Gasteiger charge is -2.12. The van der Waals surface area contributed by atoms with Crippen LogP contribution in [0.2, 0.25) is 0 Å². The number of benzene rings is 2. The third kappa shape index (κ3) is 3.77. The van der Waals surface area contributed by atoms with E-state index in [1.807, 2.05) is 6.20 Å². The predicted molar refractivity (Wildman–Crippen MR) is 116 cm³/mol. The minimum atomic E-state index is 0. The van der Waals surface area contributed by atoms with E-state index in [2.05, 4.69) is 86.0 Å². The number of nitrogens with zero attached hydrogens (tertiary/aromatic N) is 2. The Bertz CT molecular complexity index is 1050. The second-order valence-electron chi connectivity index (χ2n) is 7.10. The zero-order valence-electron chi connectivity index (χ0n) is 16.1. The highest BCUT2D eigenvalue weighted by molar-refractivity contribution is 5.87. The molecule has 27 heavy (non-hydrogen) atoms. The lowest BCUT2D eigenvalue weighted by molar-refractivity contribution is 0.793. The predicted octanol–water partition coefficient (Wildman–Crippen LogP) is 6.02. The first-order chi connectivity index (χ1) is 12.6. The minimum absolute atomic E-state index is 0. The third-order valence-corrected chi connectivity index (χ3v) is 5.30. The van der Waals surface area contributed by atoms with Crippen molar-refractivity contribution < 1.29 is 0 Å². The molecule has 2 nitrogen and oxygen atoms in total. The van der Waals surface area contributed by atoms with Gasteiger partial charge in [0.15, 0.2) is 0 Å². The Labute approximate surface area is 167 Å². The van der Waals surface area contributed by atoms with Crippen molar-refractivity contribution in [2.75, 3.05) is 0 Å². The van der Waals surface area contributed by atoms with Crippen LogP contribution < -0.4 is 0 Å². The Kier molecular flexibility index (Phi) is 5.67. The summed E-state index contributed by atoms with van der Waals surface area (Å²) in [4.78, 5) is 4.75. The summed E-state index contributed by atoms with van der Waals surface area (Å²) in [5.41, 5.74) is 9.01. The van der Waals surface area contributed by atoms with Gasteiger partial charge in [0.2, 0.25) is 0 Å². The molecule has 2 aromatic carbocycles. The van der Waals surface area contributed by atoms with Crippen LogP contribution in [0.4, 0.5) is 0 Å². The minimum Gasteiger partial charge on any atom is -0.339 e. The smallest absolute Gasteiger partial charge is 0.0710 e. The molecular formula is C24H25ClN2. The van der Waals surface area contributed by atoms with E-state index in [0.717, 1.165) is 18.7 Å². The highest BCUT2D eigenvalue weighted by atomic mass is 35.5. The van der Waals surface area contributed by atoms with Gasteiger partial charge >= 0.3 is 0 Å². The molecule has 4 rings (SSSR count). The maximum Gasteiger partial charge on any atom is 0.0710 e. The molecule has 3 heteroatoms. The number of aryl methyl sites for hydroxylation is 2. The van der Waals surface area contributed by atoms with Crippen molar-refractivity contribution in [3.63, 3.8) is 0 Å². The summed E-state index contributed by atoms with van der Waals surface area (Å²) < 4.78 is 2.43. The largest absolute Gasteiger partial charge is 0.339 e. The first-order valence-electron chi connectivity index (χ1n) is 9.16. The lowest BCUT2D eigenvalue weighted by atomic mass is 10.1. The van der Waals surface area contributed by atoms with E-state index in [-0.39, 0.29) is 12.4 Å². The number of rotatable bonds is 4. The topological polar surface area (TPSA) is 17.8 Å². The number of pyridine rings is 1. The van der Waals surface area contributed by atoms with Gasteiger partial charge in [-0.2, -0.15) is 0 Å². The van der Waals surface area contributed by atoms with Crippen LogP contribution in [-0.4, -0.2) is 9.55 Å². The Balaban J connectivity index is 0.00000210. The van der Waals surface area contributed by atoms with Gasteiger partial charge in [0.1, 0.15) is 0 Å². The molecule has 0 bridgehead atoms. The van der Waals surface area contributed by atoms with Crippen molar-refractivity contribution in [2.45, 2.75) is 33.7 Å². The molecule has 0 amide bonds. The average Bonchev–Trinajstić information content (AvgIpc) is 2.90. The first-order valence-corrected chi connectivity index (χ1v) is 9.16. The second-order valence-corrected chi connectivity index (χ2v) is 7.10. The maximum absolute atomic E-state index is 4.75. The molecule has 0 aliphatic heterocycles. The summed E-state index contributed by atoms with van der Waals surface area (Å²) in [5, 5.41) is 1.32. The van der Waals surface area contributed by atoms with Gasteiger partial charge in [-0.25, -0.2) is 0 Å². The molecule has 4 aromatic rings. The molecule has 0 aliphatic rings. The van der Waals surface area contributed by atoms with E-state index in [0.29, 0.717) is 0 Å². The zero-order chi connectivity index (χ0) is 18.1. The first kappa shape index (κ1) is 19.2. The summed E-state index contributed by atoms with van der Waals surface area (Å²) in [5.74, 6) is 0. The van der Waals surface area contributed by atoms with Crippen LogP contribution in [0.3, 0.4) is 0 Å². The summed E-state index contributed by atoms with van der Waals surface area (Å²) in [6.07, 6.45) is 2.80. The number of hydrogen-bond acceptors (Lipinski definition) is 1. The SMILES string of the molecule is Cc1ccc(Cn2c(C)c(C)c3ccnc(Cc4ccccc4)c32)cc1.Cl. The van der Waals surface area contributed by atoms with E-state index in [4.69, 9.17) is 4.98 Å². The summed E-state index contributed by atoms with van der Waals surface area (Å²) in [6, 6.07) is 21.6. The number of fused-ring (bicyclic) bond motifs is 1. The molecule has 0 unspecified atom stereocenters.